The lowest BCUT2D eigenvalue weighted by molar-refractivity contribution is 0.496. The molecule has 0 aromatic carbocycles. The van der Waals surface area contributed by atoms with Crippen molar-refractivity contribution in [3.8, 4) is 0 Å². The maximum absolute atomic E-state index is 14.7. The quantitative estimate of drug-likeness (QED) is 0.613. The zero-order chi connectivity index (χ0) is 20.0. The van der Waals surface area contributed by atoms with Crippen LogP contribution in [0.2, 0.25) is 0 Å². The van der Waals surface area contributed by atoms with Crippen molar-refractivity contribution in [3.63, 3.8) is 0 Å². The van der Waals surface area contributed by atoms with Crippen LogP contribution in [0.5, 0.6) is 0 Å². The van der Waals surface area contributed by atoms with Gasteiger partial charge in [-0.2, -0.15) is 4.98 Å². The van der Waals surface area contributed by atoms with Crippen molar-refractivity contribution in [2.24, 2.45) is 16.8 Å². The third-order valence-electron chi connectivity index (χ3n) is 5.50. The van der Waals surface area contributed by atoms with E-state index < -0.39 is 0 Å². The molecular weight excluding hydrogens is 367 g/mol. The number of H-pyrrole nitrogens is 1. The summed E-state index contributed by atoms with van der Waals surface area (Å²) in [6, 6.07) is 4.75. The molecule has 148 valence electrons. The highest BCUT2D eigenvalue weighted by molar-refractivity contribution is 6.04. The number of hydrogen-bond acceptors (Lipinski definition) is 5. The van der Waals surface area contributed by atoms with Crippen LogP contribution in [0, 0.1) is 17.7 Å². The normalized spacial score (nSPS) is 18.8. The third-order valence-corrected chi connectivity index (χ3v) is 5.50. The lowest BCUT2D eigenvalue weighted by Gasteiger charge is -2.22. The SMILES string of the molecule is CC(C)C(Nc1nccc(N=C2C=C(C3CC3)C2)n1)c1nc2cc[nH]c2cc1F. The summed E-state index contributed by atoms with van der Waals surface area (Å²) >= 11 is 0. The van der Waals surface area contributed by atoms with Crippen molar-refractivity contribution in [1.29, 1.82) is 0 Å². The van der Waals surface area contributed by atoms with Gasteiger partial charge in [0.25, 0.3) is 0 Å². The Labute approximate surface area is 168 Å². The van der Waals surface area contributed by atoms with Gasteiger partial charge >= 0.3 is 0 Å². The number of hydrogen-bond donors (Lipinski definition) is 2. The molecule has 3 aromatic rings. The third kappa shape index (κ3) is 3.64. The fourth-order valence-electron chi connectivity index (χ4n) is 3.69. The second-order valence-corrected chi connectivity index (χ2v) is 8.14. The molecule has 0 spiro atoms. The number of aromatic nitrogens is 4. The van der Waals surface area contributed by atoms with Gasteiger partial charge in [0, 0.05) is 36.7 Å². The van der Waals surface area contributed by atoms with Gasteiger partial charge in [-0.15, -0.1) is 0 Å². The maximum Gasteiger partial charge on any atom is 0.225 e. The van der Waals surface area contributed by atoms with Gasteiger partial charge in [0.1, 0.15) is 5.82 Å². The van der Waals surface area contributed by atoms with E-state index in [-0.39, 0.29) is 17.8 Å². The van der Waals surface area contributed by atoms with Crippen LogP contribution in [0.4, 0.5) is 16.2 Å². The van der Waals surface area contributed by atoms with E-state index in [9.17, 15) is 4.39 Å². The van der Waals surface area contributed by atoms with Crippen LogP contribution in [0.25, 0.3) is 11.0 Å². The molecule has 1 fully saturated rings. The van der Waals surface area contributed by atoms with Gasteiger partial charge in [0.15, 0.2) is 5.82 Å². The summed E-state index contributed by atoms with van der Waals surface area (Å²) in [6.07, 6.45) is 9.20. The summed E-state index contributed by atoms with van der Waals surface area (Å²) in [7, 11) is 0. The highest BCUT2D eigenvalue weighted by Crippen LogP contribution is 2.42. The molecule has 5 rings (SSSR count). The van der Waals surface area contributed by atoms with Crippen molar-refractivity contribution in [2.75, 3.05) is 5.32 Å². The van der Waals surface area contributed by atoms with Gasteiger partial charge in [0.2, 0.25) is 5.95 Å². The van der Waals surface area contributed by atoms with Gasteiger partial charge in [-0.25, -0.2) is 19.4 Å². The zero-order valence-corrected chi connectivity index (χ0v) is 16.5. The van der Waals surface area contributed by atoms with Crippen LogP contribution in [0.15, 0.2) is 47.2 Å². The van der Waals surface area contributed by atoms with Crippen LogP contribution in [-0.4, -0.2) is 25.6 Å². The Morgan fingerprint density at radius 3 is 2.83 bits per heavy atom. The summed E-state index contributed by atoms with van der Waals surface area (Å²) < 4.78 is 14.7. The standard InChI is InChI=1S/C22H23FN6/c1-12(2)20(21-16(23)11-18-17(27-21)5-7-24-18)29-22-25-8-6-19(28-22)26-15-9-14(10-15)13-3-4-13/h5-9,11-13,20,24H,3-4,10H2,1-2H3,(H,25,28,29). The fourth-order valence-corrected chi connectivity index (χ4v) is 3.69. The predicted octanol–water partition coefficient (Wildman–Crippen LogP) is 5.11. The topological polar surface area (TPSA) is 78.8 Å². The lowest BCUT2D eigenvalue weighted by atomic mass is 9.92. The summed E-state index contributed by atoms with van der Waals surface area (Å²) in [5.74, 6) is 1.56. The molecule has 0 aliphatic heterocycles. The second-order valence-electron chi connectivity index (χ2n) is 8.14. The number of nitrogens with zero attached hydrogens (tertiary/aromatic N) is 4. The number of pyridine rings is 1. The van der Waals surface area contributed by atoms with Gasteiger partial charge in [-0.1, -0.05) is 19.4 Å². The summed E-state index contributed by atoms with van der Waals surface area (Å²) in [4.78, 5) is 20.9. The Hall–Kier alpha value is -3.09. The number of rotatable bonds is 6. The zero-order valence-electron chi connectivity index (χ0n) is 16.5. The molecule has 0 radical (unpaired) electrons. The van der Waals surface area contributed by atoms with E-state index in [2.05, 4.69) is 36.3 Å². The van der Waals surface area contributed by atoms with E-state index in [1.165, 1.54) is 24.5 Å². The largest absolute Gasteiger partial charge is 0.360 e. The first-order chi connectivity index (χ1) is 14.1. The maximum atomic E-state index is 14.7. The van der Waals surface area contributed by atoms with Crippen LogP contribution >= 0.6 is 0 Å². The Kier molecular flexibility index (Phi) is 4.38. The number of halogens is 1. The predicted molar refractivity (Wildman–Crippen MR) is 112 cm³/mol. The van der Waals surface area contributed by atoms with E-state index in [0.29, 0.717) is 23.0 Å². The first-order valence-corrected chi connectivity index (χ1v) is 10.1. The lowest BCUT2D eigenvalue weighted by Crippen LogP contribution is -2.21. The first kappa shape index (κ1) is 18.0. The molecule has 1 unspecified atom stereocenters. The molecule has 7 heteroatoms. The minimum atomic E-state index is -0.359. The molecule has 1 atom stereocenters. The number of fused-ring (bicyclic) bond motifs is 1. The number of allylic oxidation sites excluding steroid dienone is 2. The Bertz CT molecular complexity index is 1130. The van der Waals surface area contributed by atoms with Crippen molar-refractivity contribution in [1.82, 2.24) is 19.9 Å². The van der Waals surface area contributed by atoms with Crippen molar-refractivity contribution >= 4 is 28.5 Å². The average Bonchev–Trinajstić information content (AvgIpc) is 3.40. The molecule has 6 nitrogen and oxygen atoms in total. The minimum Gasteiger partial charge on any atom is -0.360 e. The van der Waals surface area contributed by atoms with E-state index in [1.54, 1.807) is 18.5 Å². The van der Waals surface area contributed by atoms with Crippen molar-refractivity contribution in [3.05, 3.63) is 53.8 Å². The Balaban J connectivity index is 1.39. The molecule has 1 saturated carbocycles. The summed E-state index contributed by atoms with van der Waals surface area (Å²) in [5.41, 5.74) is 4.35. The van der Waals surface area contributed by atoms with Crippen LogP contribution in [-0.2, 0) is 0 Å². The van der Waals surface area contributed by atoms with Crippen molar-refractivity contribution in [2.45, 2.75) is 39.2 Å². The first-order valence-electron chi connectivity index (χ1n) is 10.1. The van der Waals surface area contributed by atoms with Crippen molar-refractivity contribution < 1.29 is 4.39 Å². The monoisotopic (exact) mass is 390 g/mol. The second kappa shape index (κ2) is 7.06. The number of nitrogens with one attached hydrogen (secondary N) is 2. The van der Waals surface area contributed by atoms with E-state index in [0.717, 1.165) is 23.6 Å². The molecule has 0 bridgehead atoms. The van der Waals surface area contributed by atoms with E-state index in [1.807, 2.05) is 19.9 Å². The molecule has 3 aromatic heterocycles. The van der Waals surface area contributed by atoms with Gasteiger partial charge in [0.05, 0.1) is 22.8 Å². The fraction of sp³-hybridized carbons (Fsp3) is 0.364. The van der Waals surface area contributed by atoms with Gasteiger partial charge in [-0.05, 0) is 36.8 Å². The molecular formula is C22H23FN6. The van der Waals surface area contributed by atoms with Gasteiger partial charge < -0.3 is 10.3 Å². The van der Waals surface area contributed by atoms with Gasteiger partial charge in [-0.3, -0.25) is 0 Å². The molecule has 2 aliphatic rings. The molecule has 2 N–H and O–H groups in total. The van der Waals surface area contributed by atoms with Crippen LogP contribution in [0.1, 0.15) is 44.8 Å². The van der Waals surface area contributed by atoms with E-state index in [4.69, 9.17) is 0 Å². The smallest absolute Gasteiger partial charge is 0.225 e. The number of aromatic amines is 1. The minimum absolute atomic E-state index is 0.0858. The van der Waals surface area contributed by atoms with Crippen LogP contribution < -0.4 is 5.32 Å². The number of anilines is 1. The van der Waals surface area contributed by atoms with Crippen LogP contribution in [0.3, 0.4) is 0 Å². The Morgan fingerprint density at radius 2 is 2.07 bits per heavy atom. The molecule has 0 amide bonds. The average molecular weight is 390 g/mol. The molecule has 29 heavy (non-hydrogen) atoms. The van der Waals surface area contributed by atoms with E-state index >= 15 is 0 Å². The highest BCUT2D eigenvalue weighted by atomic mass is 19.1. The number of aliphatic imine (C=N–C) groups is 1. The highest BCUT2D eigenvalue weighted by Gasteiger charge is 2.30. The summed E-state index contributed by atoms with van der Waals surface area (Å²) in [5, 5.41) is 3.26. The molecule has 3 heterocycles. The Morgan fingerprint density at radius 1 is 1.24 bits per heavy atom. The summed E-state index contributed by atoms with van der Waals surface area (Å²) in [6.45, 7) is 4.03. The molecule has 0 saturated heterocycles. The molecule has 2 aliphatic carbocycles.